The van der Waals surface area contributed by atoms with E-state index in [-0.39, 0.29) is 1.43 Å². The Labute approximate surface area is 70.6 Å². The molecule has 0 N–H and O–H groups in total. The fraction of sp³-hybridized carbons (Fsp3) is 0. The van der Waals surface area contributed by atoms with Gasteiger partial charge in [0, 0.05) is 0 Å². The fourth-order valence-electron chi connectivity index (χ4n) is 1.03. The van der Waals surface area contributed by atoms with Crippen molar-refractivity contribution in [1.29, 1.82) is 0 Å². The van der Waals surface area contributed by atoms with Gasteiger partial charge in [0.2, 0.25) is 0 Å². The summed E-state index contributed by atoms with van der Waals surface area (Å²) >= 11 is 0. The molecule has 1 aromatic carbocycles. The molecule has 0 saturated carbocycles. The van der Waals surface area contributed by atoms with Crippen molar-refractivity contribution in [3.05, 3.63) is 36.2 Å². The highest BCUT2D eigenvalue weighted by Crippen LogP contribution is 2.06. The van der Waals surface area contributed by atoms with Crippen molar-refractivity contribution in [2.45, 2.75) is 0 Å². The molecule has 12 heavy (non-hydrogen) atoms. The SMILES string of the molecule is O=Cc1cnc2ccccc2n1.[H+]. The van der Waals surface area contributed by atoms with Gasteiger partial charge in [0.1, 0.15) is 5.69 Å². The smallest absolute Gasteiger partial charge is 0.296 e. The fourth-order valence-corrected chi connectivity index (χ4v) is 1.03. The maximum atomic E-state index is 10.3. The summed E-state index contributed by atoms with van der Waals surface area (Å²) in [6.07, 6.45) is 2.16. The van der Waals surface area contributed by atoms with Crippen LogP contribution < -0.4 is 0 Å². The predicted molar refractivity (Wildman–Crippen MR) is 46.0 cm³/mol. The van der Waals surface area contributed by atoms with Crippen molar-refractivity contribution < 1.29 is 6.22 Å². The lowest BCUT2D eigenvalue weighted by Crippen LogP contribution is -1.89. The Morgan fingerprint density at radius 2 is 2.00 bits per heavy atom. The van der Waals surface area contributed by atoms with Crippen LogP contribution in [0, 0.1) is 0 Å². The molecule has 0 saturated heterocycles. The molecule has 0 unspecified atom stereocenters. The van der Waals surface area contributed by atoms with Crippen molar-refractivity contribution in [3.63, 3.8) is 0 Å². The number of rotatable bonds is 1. The summed E-state index contributed by atoms with van der Waals surface area (Å²) in [6.45, 7) is 0. The first kappa shape index (κ1) is 6.91. The number of para-hydroxylation sites is 2. The number of carbonyl (C=O) groups excluding carboxylic acids is 1. The van der Waals surface area contributed by atoms with Crippen LogP contribution in [0.3, 0.4) is 0 Å². The molecular formula is C9H7N2O+. The molecular weight excluding hydrogens is 152 g/mol. The number of benzene rings is 1. The highest BCUT2D eigenvalue weighted by Gasteiger charge is 1.95. The minimum Gasteiger partial charge on any atom is -0.296 e. The second-order valence-corrected chi connectivity index (χ2v) is 2.40. The zero-order chi connectivity index (χ0) is 8.39. The van der Waals surface area contributed by atoms with Crippen LogP contribution in [0.25, 0.3) is 11.0 Å². The lowest BCUT2D eigenvalue weighted by atomic mass is 10.3. The molecule has 0 fully saturated rings. The Bertz CT molecular complexity index is 431. The Balaban J connectivity index is 0.000000845. The highest BCUT2D eigenvalue weighted by molar-refractivity contribution is 5.79. The summed E-state index contributed by atoms with van der Waals surface area (Å²) in [5, 5.41) is 0. The second-order valence-electron chi connectivity index (χ2n) is 2.40. The van der Waals surface area contributed by atoms with E-state index in [1.807, 2.05) is 24.3 Å². The molecule has 1 heterocycles. The number of hydrogen-bond acceptors (Lipinski definition) is 3. The molecule has 0 aliphatic carbocycles. The highest BCUT2D eigenvalue weighted by atomic mass is 16.1. The first-order valence-corrected chi connectivity index (χ1v) is 3.57. The molecule has 0 radical (unpaired) electrons. The summed E-state index contributed by atoms with van der Waals surface area (Å²) in [5.41, 5.74) is 1.93. The van der Waals surface area contributed by atoms with Crippen molar-refractivity contribution >= 4 is 17.3 Å². The van der Waals surface area contributed by atoms with Crippen LogP contribution in [0.4, 0.5) is 0 Å². The van der Waals surface area contributed by atoms with Crippen LogP contribution in [0.15, 0.2) is 30.5 Å². The number of nitrogens with zero attached hydrogens (tertiary/aromatic N) is 2. The van der Waals surface area contributed by atoms with Gasteiger partial charge in [0.25, 0.3) is 0 Å². The van der Waals surface area contributed by atoms with Crippen LogP contribution >= 0.6 is 0 Å². The van der Waals surface area contributed by atoms with Gasteiger partial charge in [-0.25, -0.2) is 4.98 Å². The Morgan fingerprint density at radius 3 is 2.75 bits per heavy atom. The maximum absolute atomic E-state index is 10.3. The standard InChI is InChI=1S/C9H6N2O/c12-6-7-5-10-8-3-1-2-4-9(8)11-7/h1-6H/p+1. The van der Waals surface area contributed by atoms with Gasteiger partial charge in [-0.05, 0) is 12.1 Å². The summed E-state index contributed by atoms with van der Waals surface area (Å²) in [5.74, 6) is 0. The second kappa shape index (κ2) is 2.70. The van der Waals surface area contributed by atoms with Gasteiger partial charge in [0.05, 0.1) is 17.2 Å². The third-order valence-corrected chi connectivity index (χ3v) is 1.59. The predicted octanol–water partition coefficient (Wildman–Crippen LogP) is 1.55. The van der Waals surface area contributed by atoms with E-state index >= 15 is 0 Å². The molecule has 3 heteroatoms. The molecule has 58 valence electrons. The van der Waals surface area contributed by atoms with E-state index in [9.17, 15) is 4.79 Å². The van der Waals surface area contributed by atoms with Crippen molar-refractivity contribution in [1.82, 2.24) is 9.97 Å². The Kier molecular flexibility index (Phi) is 1.55. The van der Waals surface area contributed by atoms with Crippen LogP contribution in [-0.2, 0) is 0 Å². The molecule has 0 amide bonds. The third-order valence-electron chi connectivity index (χ3n) is 1.59. The number of aromatic nitrogens is 2. The summed E-state index contributed by atoms with van der Waals surface area (Å²) in [7, 11) is 0. The Morgan fingerprint density at radius 1 is 1.25 bits per heavy atom. The van der Waals surface area contributed by atoms with Crippen molar-refractivity contribution in [3.8, 4) is 0 Å². The molecule has 0 bridgehead atoms. The van der Waals surface area contributed by atoms with E-state index in [1.54, 1.807) is 0 Å². The lowest BCUT2D eigenvalue weighted by Gasteiger charge is -1.94. The van der Waals surface area contributed by atoms with E-state index in [2.05, 4.69) is 9.97 Å². The summed E-state index contributed by atoms with van der Waals surface area (Å²) in [6, 6.07) is 7.44. The monoisotopic (exact) mass is 159 g/mol. The topological polar surface area (TPSA) is 42.9 Å². The van der Waals surface area contributed by atoms with Crippen molar-refractivity contribution in [2.24, 2.45) is 0 Å². The minimum atomic E-state index is 0. The Hall–Kier alpha value is -1.77. The number of hydrogen-bond donors (Lipinski definition) is 0. The van der Waals surface area contributed by atoms with Gasteiger partial charge >= 0.3 is 1.43 Å². The molecule has 3 nitrogen and oxygen atoms in total. The van der Waals surface area contributed by atoms with Gasteiger partial charge in [0.15, 0.2) is 6.29 Å². The molecule has 1 aromatic heterocycles. The van der Waals surface area contributed by atoms with Crippen LogP contribution in [-0.4, -0.2) is 16.3 Å². The van der Waals surface area contributed by atoms with Gasteiger partial charge in [-0.2, -0.15) is 0 Å². The molecule has 2 rings (SSSR count). The van der Waals surface area contributed by atoms with Crippen LogP contribution in [0.1, 0.15) is 11.9 Å². The molecule has 0 aliphatic rings. The van der Waals surface area contributed by atoms with E-state index in [0.29, 0.717) is 12.0 Å². The zero-order valence-electron chi connectivity index (χ0n) is 7.27. The quantitative estimate of drug-likeness (QED) is 0.593. The average Bonchev–Trinajstić information content (AvgIpc) is 2.17. The van der Waals surface area contributed by atoms with Gasteiger partial charge < -0.3 is 0 Å². The molecule has 0 spiro atoms. The first-order chi connectivity index (χ1) is 5.90. The molecule has 2 aromatic rings. The molecule has 0 atom stereocenters. The largest absolute Gasteiger partial charge is 1.00 e. The minimum absolute atomic E-state index is 0. The number of fused-ring (bicyclic) bond motifs is 1. The molecule has 0 aliphatic heterocycles. The van der Waals surface area contributed by atoms with Gasteiger partial charge in [-0.3, -0.25) is 9.78 Å². The number of aldehydes is 1. The van der Waals surface area contributed by atoms with E-state index < -0.39 is 0 Å². The van der Waals surface area contributed by atoms with Crippen LogP contribution in [0.5, 0.6) is 0 Å². The number of carbonyl (C=O) groups is 1. The summed E-state index contributed by atoms with van der Waals surface area (Å²) in [4.78, 5) is 18.5. The van der Waals surface area contributed by atoms with E-state index in [0.717, 1.165) is 11.0 Å². The lowest BCUT2D eigenvalue weighted by molar-refractivity contribution is 0.111. The summed E-state index contributed by atoms with van der Waals surface area (Å²) < 4.78 is 0. The average molecular weight is 159 g/mol. The zero-order valence-corrected chi connectivity index (χ0v) is 6.27. The first-order valence-electron chi connectivity index (χ1n) is 3.57. The van der Waals surface area contributed by atoms with Gasteiger partial charge in [-0.15, -0.1) is 0 Å². The maximum Gasteiger partial charge on any atom is 1.00 e. The van der Waals surface area contributed by atoms with E-state index in [1.165, 1.54) is 6.20 Å². The normalized spacial score (nSPS) is 10.0. The van der Waals surface area contributed by atoms with Gasteiger partial charge in [-0.1, -0.05) is 12.1 Å². The third kappa shape index (κ3) is 1.05. The van der Waals surface area contributed by atoms with Crippen molar-refractivity contribution in [2.75, 3.05) is 0 Å². The van der Waals surface area contributed by atoms with Crippen LogP contribution in [0.2, 0.25) is 0 Å². The van der Waals surface area contributed by atoms with E-state index in [4.69, 9.17) is 0 Å².